The van der Waals surface area contributed by atoms with E-state index in [1.807, 2.05) is 15.5 Å². The average molecular weight is 1640 g/mol. The SMILES string of the molecule is CC(C)(C)S(F)(c1ccc(C(=O)NCC(C(=O)NC(CCCCNC(=O)CCC(=O)NCCCC(NC(=O)CC[C@H](NC(=O)N[C@@H](CCCC(=O)O)C(=O)O)C(=O)O)C(=O)O)C(=O)O)n2cc(CNC(=O)CCP(=O)(O)CN3CCN(CPCCC(=O)O)CCN(CP(=O)(O)CCC(=O)O)CC3)nn2)cc1)C(C)(C)C. The largest absolute Gasteiger partial charge is 0.481 e. The molecule has 3 rings (SSSR count). The predicted octanol–water partition coefficient (Wildman–Crippen LogP) is 2.20. The molecular formula is C66H108FN14O25P3S. The maximum atomic E-state index is 17.1. The van der Waals surface area contributed by atoms with Crippen LogP contribution >= 0.6 is 33.7 Å². The van der Waals surface area contributed by atoms with Crippen molar-refractivity contribution in [2.24, 2.45) is 0 Å². The predicted molar refractivity (Wildman–Crippen MR) is 400 cm³/mol. The minimum Gasteiger partial charge on any atom is -0.481 e. The molecule has 44 heteroatoms. The molecule has 6 unspecified atom stereocenters. The van der Waals surface area contributed by atoms with Gasteiger partial charge in [-0.05, 0) is 123 Å². The number of nitrogens with one attached hydrogen (secondary N) is 8. The second-order valence-corrected chi connectivity index (χ2v) is 38.5. The van der Waals surface area contributed by atoms with E-state index in [1.165, 1.54) is 30.5 Å². The molecular weight excluding hydrogens is 1530 g/mol. The zero-order valence-electron chi connectivity index (χ0n) is 62.6. The van der Waals surface area contributed by atoms with Gasteiger partial charge in [0.1, 0.15) is 35.9 Å². The number of carboxylic acids is 7. The number of aliphatic carboxylic acids is 7. The van der Waals surface area contributed by atoms with E-state index in [-0.39, 0.29) is 142 Å². The summed E-state index contributed by atoms with van der Waals surface area (Å²) >= 11 is 0. The van der Waals surface area contributed by atoms with Gasteiger partial charge in [-0.25, -0.2) is 28.7 Å². The molecule has 1 aromatic heterocycles. The van der Waals surface area contributed by atoms with Crippen LogP contribution in [0.2, 0.25) is 0 Å². The monoisotopic (exact) mass is 1640 g/mol. The summed E-state index contributed by atoms with van der Waals surface area (Å²) in [6.45, 7) is 11.7. The van der Waals surface area contributed by atoms with Crippen LogP contribution in [0.4, 0.5) is 8.68 Å². The lowest BCUT2D eigenvalue weighted by molar-refractivity contribution is -0.142. The molecule has 2 heterocycles. The molecule has 1 aromatic carbocycles. The third-order valence-electron chi connectivity index (χ3n) is 17.3. The second-order valence-electron chi connectivity index (χ2n) is 28.4. The Morgan fingerprint density at radius 1 is 0.518 bits per heavy atom. The third kappa shape index (κ3) is 36.3. The van der Waals surface area contributed by atoms with Gasteiger partial charge in [-0.1, -0.05) is 15.6 Å². The first-order valence-corrected chi connectivity index (χ1v) is 42.7. The maximum Gasteiger partial charge on any atom is 0.326 e. The summed E-state index contributed by atoms with van der Waals surface area (Å²) in [5.74, 6) is -13.8. The molecule has 8 atom stereocenters. The number of unbranched alkanes of at least 4 members (excludes halogenated alkanes) is 1. The molecule has 110 heavy (non-hydrogen) atoms. The molecule has 0 saturated carbocycles. The van der Waals surface area contributed by atoms with Gasteiger partial charge < -0.3 is 88.1 Å². The molecule has 1 aliphatic rings. The highest BCUT2D eigenvalue weighted by molar-refractivity contribution is 8.31. The van der Waals surface area contributed by atoms with E-state index in [4.69, 9.17) is 15.3 Å². The molecule has 0 spiro atoms. The van der Waals surface area contributed by atoms with Gasteiger partial charge in [0.15, 0.2) is 0 Å². The van der Waals surface area contributed by atoms with Crippen LogP contribution in [0.25, 0.3) is 0 Å². The maximum absolute atomic E-state index is 17.1. The van der Waals surface area contributed by atoms with Crippen molar-refractivity contribution in [1.29, 1.82) is 0 Å². The molecule has 17 N–H and O–H groups in total. The molecule has 2 aromatic rings. The summed E-state index contributed by atoms with van der Waals surface area (Å²) in [5, 5.41) is 93.1. The van der Waals surface area contributed by atoms with Crippen molar-refractivity contribution in [2.45, 2.75) is 189 Å². The van der Waals surface area contributed by atoms with E-state index in [0.29, 0.717) is 37.0 Å². The Morgan fingerprint density at radius 3 is 1.48 bits per heavy atom. The zero-order valence-corrected chi connectivity index (χ0v) is 66.2. The van der Waals surface area contributed by atoms with Gasteiger partial charge in [0.05, 0.1) is 31.7 Å². The molecule has 1 fully saturated rings. The first kappa shape index (κ1) is 95.9. The Bertz CT molecular complexity index is 3570. The Labute approximate surface area is 639 Å². The van der Waals surface area contributed by atoms with E-state index in [0.717, 1.165) is 4.68 Å². The number of halogens is 1. The standard InChI is InChI=1S/C66H108FN14O25P3S/c1-65(2,3)110(67,66(4,5)6)45-17-15-43(16-18-45)58(92)71-38-50(81-39-44(76-77-81)37-70-53(84)24-35-108(103,104)41-79-30-28-78(40-107-34-23-56(88)89)29-31-80(33-32-79)42-109(105,106)36-25-57(90)91)59(93)73-47(61(96)97)11-7-8-26-68-51(82)21-22-52(83)69-27-10-13-46(60(94)95)72-54(85)20-19-49(63(100)101)75-64(102)74-48(62(98)99)12-9-14-55(86)87/h15-18,39,46-50,107H,7-14,19-38,40-42H2,1-6H3,(H,68,82)(H,69,83)(H,70,84)(H,71,92)(H,72,85)(H,73,93)(H,86,87)(H,88,89)(H,90,91)(H,94,95)(H,96,97)(H,98,99)(H,100,101)(H,103,104)(H,105,106)(H2,74,75,102)/t46?,47?,48-,49-,50?/m0/s1. The normalized spacial score (nSPS) is 16.1. The van der Waals surface area contributed by atoms with Crippen LogP contribution in [0.15, 0.2) is 35.4 Å². The molecule has 39 nitrogen and oxygen atoms in total. The molecule has 0 aliphatic carbocycles. The number of carbonyl (C=O) groups excluding carboxylic acids is 7. The van der Waals surface area contributed by atoms with E-state index in [9.17, 15) is 106 Å². The first-order chi connectivity index (χ1) is 51.3. The average Bonchev–Trinajstić information content (AvgIpc) is 0.813. The number of carbonyl (C=O) groups is 14. The summed E-state index contributed by atoms with van der Waals surface area (Å²) in [6, 6.07) is -3.07. The van der Waals surface area contributed by atoms with Gasteiger partial charge in [0.25, 0.3) is 5.91 Å². The topological polar surface area (TPSA) is 592 Å². The summed E-state index contributed by atoms with van der Waals surface area (Å²) in [4.78, 5) is 200. The number of aromatic nitrogens is 3. The first-order valence-electron chi connectivity index (χ1n) is 35.7. The van der Waals surface area contributed by atoms with Gasteiger partial charge in [0, 0.05) is 136 Å². The van der Waals surface area contributed by atoms with Crippen LogP contribution in [-0.4, -0.2) is 288 Å². The quantitative estimate of drug-likeness (QED) is 0.0333. The van der Waals surface area contributed by atoms with Crippen molar-refractivity contribution in [1.82, 2.24) is 72.2 Å². The number of amides is 8. The van der Waals surface area contributed by atoms with Crippen molar-refractivity contribution < 1.29 is 126 Å². The number of benzene rings is 1. The Hall–Kier alpha value is -8.29. The lowest BCUT2D eigenvalue weighted by atomic mass is 10.1. The minimum absolute atomic E-state index is 0.0149. The summed E-state index contributed by atoms with van der Waals surface area (Å²) in [6.07, 6.45) is -2.95. The smallest absolute Gasteiger partial charge is 0.326 e. The fourth-order valence-corrected chi connectivity index (χ4v) is 19.6. The van der Waals surface area contributed by atoms with Crippen molar-refractivity contribution in [3.63, 3.8) is 0 Å². The van der Waals surface area contributed by atoms with Crippen LogP contribution in [0.3, 0.4) is 0 Å². The number of hydrogen-bond acceptors (Lipinski definition) is 21. The van der Waals surface area contributed by atoms with E-state index >= 15 is 3.89 Å². The molecule has 620 valence electrons. The zero-order chi connectivity index (χ0) is 82.7. The van der Waals surface area contributed by atoms with Crippen LogP contribution in [0.5, 0.6) is 0 Å². The van der Waals surface area contributed by atoms with Gasteiger partial charge in [0.2, 0.25) is 44.3 Å². The highest BCUT2D eigenvalue weighted by Crippen LogP contribution is 2.74. The van der Waals surface area contributed by atoms with Gasteiger partial charge in [-0.2, -0.15) is 3.89 Å². The highest BCUT2D eigenvalue weighted by atomic mass is 32.3. The van der Waals surface area contributed by atoms with Crippen LogP contribution in [0, 0.1) is 0 Å². The van der Waals surface area contributed by atoms with E-state index in [2.05, 4.69) is 42.2 Å². The molecule has 8 amide bonds. The van der Waals surface area contributed by atoms with Crippen molar-refractivity contribution in [3.05, 3.63) is 41.7 Å². The van der Waals surface area contributed by atoms with Gasteiger partial charge in [-0.15, -0.1) is 13.7 Å². The molecule has 0 bridgehead atoms. The second kappa shape index (κ2) is 46.5. The Kier molecular flexibility index (Phi) is 40.6. The van der Waals surface area contributed by atoms with Crippen LogP contribution in [0.1, 0.15) is 160 Å². The molecule has 1 aliphatic heterocycles. The van der Waals surface area contributed by atoms with Crippen LogP contribution < -0.4 is 42.5 Å². The van der Waals surface area contributed by atoms with Crippen LogP contribution in [-0.2, 0) is 73.2 Å². The molecule has 0 radical (unpaired) electrons. The number of nitrogens with zero attached hydrogens (tertiary/aromatic N) is 6. The van der Waals surface area contributed by atoms with Gasteiger partial charge in [-0.3, -0.25) is 67.0 Å². The van der Waals surface area contributed by atoms with Crippen molar-refractivity contribution in [3.8, 4) is 0 Å². The number of urea groups is 1. The summed E-state index contributed by atoms with van der Waals surface area (Å²) < 4.78 is 43.3. The highest BCUT2D eigenvalue weighted by Gasteiger charge is 2.48. The fraction of sp³-hybridized carbons (Fsp3) is 0.667. The fourth-order valence-electron chi connectivity index (χ4n) is 11.5. The van der Waals surface area contributed by atoms with Crippen molar-refractivity contribution in [2.75, 3.05) is 96.2 Å². The third-order valence-corrected chi connectivity index (χ3v) is 26.4. The number of rotatable bonds is 50. The Morgan fingerprint density at radius 2 is 0.973 bits per heavy atom. The lowest BCUT2D eigenvalue weighted by Crippen LogP contribution is -2.51. The lowest BCUT2D eigenvalue weighted by Gasteiger charge is -2.52. The van der Waals surface area contributed by atoms with E-state index in [1.54, 1.807) is 51.3 Å². The van der Waals surface area contributed by atoms with Gasteiger partial charge >= 0.3 is 47.8 Å². The summed E-state index contributed by atoms with van der Waals surface area (Å²) in [7, 11) is -10.8. The summed E-state index contributed by atoms with van der Waals surface area (Å²) in [5.41, 5.74) is 0.160. The Balaban J connectivity index is 1.62. The number of hydrogen-bond donors (Lipinski definition) is 17. The minimum atomic E-state index is -4.09. The van der Waals surface area contributed by atoms with E-state index < -0.39 is 193 Å². The van der Waals surface area contributed by atoms with Crippen molar-refractivity contribution >= 4 is 117 Å². The molecule has 1 saturated heterocycles. The number of carboxylic acid groups (broad SMARTS) is 7.